The summed E-state index contributed by atoms with van der Waals surface area (Å²) in [5.41, 5.74) is 13.4. The largest absolute Gasteiger partial charge is 0.481 e. The minimum Gasteiger partial charge on any atom is -0.397 e. The predicted molar refractivity (Wildman–Crippen MR) is 153 cm³/mol. The number of aromatic nitrogens is 2. The lowest BCUT2D eigenvalue weighted by molar-refractivity contribution is -0.115. The van der Waals surface area contributed by atoms with Crippen LogP contribution in [0.25, 0.3) is 11.0 Å². The van der Waals surface area contributed by atoms with E-state index in [4.69, 9.17) is 25.3 Å². The number of imidazole rings is 1. The maximum absolute atomic E-state index is 12.6. The molecule has 1 aliphatic carbocycles. The molecule has 3 aliphatic rings. The molecule has 19 heteroatoms. The molecule has 10 unspecified atom stereocenters. The second kappa shape index (κ2) is 12.6. The molecule has 5 rings (SSSR count). The van der Waals surface area contributed by atoms with Crippen LogP contribution in [0.2, 0.25) is 0 Å². The van der Waals surface area contributed by atoms with Gasteiger partial charge in [-0.05, 0) is 25.0 Å². The summed E-state index contributed by atoms with van der Waals surface area (Å²) in [6.45, 7) is 0.511. The number of benzene rings is 1. The van der Waals surface area contributed by atoms with Gasteiger partial charge in [-0.2, -0.15) is 4.31 Å². The summed E-state index contributed by atoms with van der Waals surface area (Å²) in [5.74, 6) is -1.62. The second-order valence-corrected chi connectivity index (χ2v) is 14.0. The highest BCUT2D eigenvalue weighted by atomic mass is 31.3. The summed E-state index contributed by atoms with van der Waals surface area (Å²) < 4.78 is 46.6. The number of fused-ring (bicyclic) bond motifs is 1. The molecule has 17 nitrogen and oxygen atoms in total. The number of hydrogen-bond donors (Lipinski definition) is 7. The molecule has 0 radical (unpaired) electrons. The van der Waals surface area contributed by atoms with Crippen molar-refractivity contribution in [2.24, 2.45) is 17.6 Å². The molecule has 1 amide bonds. The van der Waals surface area contributed by atoms with Crippen LogP contribution < -0.4 is 11.5 Å². The van der Waals surface area contributed by atoms with Gasteiger partial charge in [0.15, 0.2) is 6.23 Å². The minimum absolute atomic E-state index is 0.222. The molecule has 1 saturated carbocycles. The first-order chi connectivity index (χ1) is 20.7. The molecule has 1 aromatic carbocycles. The van der Waals surface area contributed by atoms with Crippen molar-refractivity contribution < 1.29 is 57.1 Å². The van der Waals surface area contributed by atoms with Gasteiger partial charge in [-0.15, -0.1) is 0 Å². The molecule has 2 aromatic rings. The highest BCUT2D eigenvalue weighted by Gasteiger charge is 2.47. The number of rotatable bonds is 11. The van der Waals surface area contributed by atoms with Crippen LogP contribution in [-0.4, -0.2) is 89.3 Å². The molecule has 9 N–H and O–H groups in total. The fourth-order valence-electron chi connectivity index (χ4n) is 5.75. The summed E-state index contributed by atoms with van der Waals surface area (Å²) in [5, 5.41) is 31.6. The molecule has 242 valence electrons. The molecular formula is C25H35N5O12P2. The first-order valence-electron chi connectivity index (χ1n) is 13.7. The molecule has 3 heterocycles. The van der Waals surface area contributed by atoms with E-state index < -0.39 is 71.3 Å². The third kappa shape index (κ3) is 6.78. The number of phosphoric acid groups is 2. The molecule has 44 heavy (non-hydrogen) atoms. The number of para-hydroxylation sites is 1. The number of hydrogen-bond acceptors (Lipinski definition) is 13. The van der Waals surface area contributed by atoms with Crippen LogP contribution >= 0.6 is 15.6 Å². The number of nitrogens with zero attached hydrogens (tertiary/aromatic N) is 3. The van der Waals surface area contributed by atoms with E-state index in [1.54, 1.807) is 24.5 Å². The van der Waals surface area contributed by atoms with Crippen molar-refractivity contribution in [1.82, 2.24) is 14.5 Å². The molecule has 0 spiro atoms. The van der Waals surface area contributed by atoms with Crippen LogP contribution in [0.15, 0.2) is 48.6 Å². The van der Waals surface area contributed by atoms with E-state index in [9.17, 15) is 39.0 Å². The van der Waals surface area contributed by atoms with Gasteiger partial charge < -0.3 is 50.8 Å². The van der Waals surface area contributed by atoms with Gasteiger partial charge in [0.25, 0.3) is 0 Å². The average Bonchev–Trinajstić information content (AvgIpc) is 3.61. The lowest BCUT2D eigenvalue weighted by atomic mass is 10.0. The third-order valence-electron chi connectivity index (χ3n) is 8.09. The van der Waals surface area contributed by atoms with E-state index in [2.05, 4.69) is 9.29 Å². The third-order valence-corrected chi connectivity index (χ3v) is 10.7. The number of allylic oxidation sites excluding steroid dienone is 1. The number of anilines is 1. The van der Waals surface area contributed by atoms with Crippen molar-refractivity contribution >= 4 is 38.3 Å². The lowest BCUT2D eigenvalue weighted by Gasteiger charge is -2.28. The summed E-state index contributed by atoms with van der Waals surface area (Å²) in [7, 11) is -10.4. The zero-order valence-corrected chi connectivity index (χ0v) is 25.3. The van der Waals surface area contributed by atoms with Gasteiger partial charge in [-0.1, -0.05) is 19.1 Å². The molecule has 10 atom stereocenters. The SMILES string of the molecule is CC1C(O)C(COP(=O)(O)OP(=O)(O)OCC2OC(N3C=CCC(C(N)=O)=C3)C(O)C2O)CC1n1cnc2c(N)cccc21. The number of aliphatic hydroxyl groups excluding tert-OH is 3. The zero-order valence-electron chi connectivity index (χ0n) is 23.5. The van der Waals surface area contributed by atoms with E-state index in [1.165, 1.54) is 17.3 Å². The number of nitrogens with two attached hydrogens (primary N) is 2. The summed E-state index contributed by atoms with van der Waals surface area (Å²) in [6.07, 6.45) is -0.00257. The maximum Gasteiger partial charge on any atom is 0.481 e. The molecular weight excluding hydrogens is 624 g/mol. The fraction of sp³-hybridized carbons (Fsp3) is 0.520. The maximum atomic E-state index is 12.6. The number of aliphatic hydroxyl groups is 3. The zero-order chi connectivity index (χ0) is 32.0. The Morgan fingerprint density at radius 3 is 2.52 bits per heavy atom. The summed E-state index contributed by atoms with van der Waals surface area (Å²) >= 11 is 0. The van der Waals surface area contributed by atoms with E-state index in [0.29, 0.717) is 17.6 Å². The van der Waals surface area contributed by atoms with Gasteiger partial charge in [-0.25, -0.2) is 14.1 Å². The highest BCUT2D eigenvalue weighted by Crippen LogP contribution is 2.61. The van der Waals surface area contributed by atoms with Crippen LogP contribution in [0.5, 0.6) is 0 Å². The Morgan fingerprint density at radius 2 is 1.82 bits per heavy atom. The Bertz CT molecular complexity index is 1550. The first-order valence-corrected chi connectivity index (χ1v) is 16.7. The summed E-state index contributed by atoms with van der Waals surface area (Å²) in [6, 6.07) is 5.10. The monoisotopic (exact) mass is 659 g/mol. The van der Waals surface area contributed by atoms with E-state index in [0.717, 1.165) is 5.52 Å². The minimum atomic E-state index is -5.26. The lowest BCUT2D eigenvalue weighted by Crippen LogP contribution is -2.40. The van der Waals surface area contributed by atoms with Crippen LogP contribution in [0.1, 0.15) is 25.8 Å². The number of carbonyl (C=O) groups excluding carboxylic acids is 1. The van der Waals surface area contributed by atoms with E-state index in [-0.39, 0.29) is 24.0 Å². The van der Waals surface area contributed by atoms with Crippen molar-refractivity contribution in [3.63, 3.8) is 0 Å². The van der Waals surface area contributed by atoms with E-state index in [1.807, 2.05) is 17.6 Å². The van der Waals surface area contributed by atoms with Gasteiger partial charge in [-0.3, -0.25) is 13.8 Å². The van der Waals surface area contributed by atoms with Crippen molar-refractivity contribution in [1.29, 1.82) is 0 Å². The van der Waals surface area contributed by atoms with E-state index >= 15 is 0 Å². The van der Waals surface area contributed by atoms with Crippen LogP contribution in [-0.2, 0) is 32.0 Å². The molecule has 0 bridgehead atoms. The second-order valence-electron chi connectivity index (χ2n) is 11.0. The van der Waals surface area contributed by atoms with Crippen molar-refractivity contribution in [2.75, 3.05) is 18.9 Å². The Kier molecular flexibility index (Phi) is 9.38. The smallest absolute Gasteiger partial charge is 0.397 e. The molecule has 2 aliphatic heterocycles. The van der Waals surface area contributed by atoms with Crippen LogP contribution in [0.4, 0.5) is 5.69 Å². The molecule has 2 fully saturated rings. The fourth-order valence-corrected chi connectivity index (χ4v) is 7.88. The number of phosphoric ester groups is 2. The number of carbonyl (C=O) groups is 1. The molecule has 1 aromatic heterocycles. The topological polar surface area (TPSA) is 262 Å². The predicted octanol–water partition coefficient (Wildman–Crippen LogP) is 0.462. The Hall–Kier alpha value is -2.66. The number of nitrogen functional groups attached to an aromatic ring is 1. The Balaban J connectivity index is 1.15. The number of amides is 1. The standard InChI is InChI=1S/C25H35N5O12P2/c1-13-18(30-12-28-20-16(26)5-2-6-17(20)30)8-15(21(13)31)10-39-43(35,36)42-44(37,38)40-11-19-22(32)23(33)25(41-19)29-7-3-4-14(9-29)24(27)34/h2-3,5-7,9,12-13,15,18-19,21-23,25,31-33H,4,8,10-11,26H2,1H3,(H2,27,34)(H,35,36)(H,37,38). The highest BCUT2D eigenvalue weighted by molar-refractivity contribution is 7.61. The van der Waals surface area contributed by atoms with Gasteiger partial charge >= 0.3 is 15.6 Å². The van der Waals surface area contributed by atoms with Gasteiger partial charge in [0, 0.05) is 35.9 Å². The van der Waals surface area contributed by atoms with Gasteiger partial charge in [0.2, 0.25) is 5.91 Å². The van der Waals surface area contributed by atoms with Crippen molar-refractivity contribution in [2.45, 2.75) is 56.5 Å². The molecule has 1 saturated heterocycles. The summed E-state index contributed by atoms with van der Waals surface area (Å²) in [4.78, 5) is 37.4. The normalized spacial score (nSPS) is 33.3. The van der Waals surface area contributed by atoms with Crippen molar-refractivity contribution in [3.05, 3.63) is 48.6 Å². The van der Waals surface area contributed by atoms with Crippen LogP contribution in [0.3, 0.4) is 0 Å². The Morgan fingerprint density at radius 1 is 1.11 bits per heavy atom. The van der Waals surface area contributed by atoms with Crippen molar-refractivity contribution in [3.8, 4) is 0 Å². The van der Waals surface area contributed by atoms with Gasteiger partial charge in [0.1, 0.15) is 23.8 Å². The average molecular weight is 660 g/mol. The Labute approximate surface area is 251 Å². The number of primary amides is 1. The number of ether oxygens (including phenoxy) is 1. The van der Waals surface area contributed by atoms with Crippen LogP contribution in [0, 0.1) is 11.8 Å². The van der Waals surface area contributed by atoms with Gasteiger partial charge in [0.05, 0.1) is 36.8 Å². The quantitative estimate of drug-likeness (QED) is 0.128. The first kappa shape index (κ1) is 32.7.